The highest BCUT2D eigenvalue weighted by molar-refractivity contribution is 6.10. The molecule has 0 N–H and O–H groups in total. The van der Waals surface area contributed by atoms with E-state index in [-0.39, 0.29) is 0 Å². The summed E-state index contributed by atoms with van der Waals surface area (Å²) in [5.74, 6) is 1.84. The van der Waals surface area contributed by atoms with E-state index in [9.17, 15) is 0 Å². The number of aromatic nitrogens is 5. The first-order valence-electron chi connectivity index (χ1n) is 16.7. The van der Waals surface area contributed by atoms with Crippen LogP contribution in [0, 0.1) is 6.92 Å². The highest BCUT2D eigenvalue weighted by Gasteiger charge is 2.20. The van der Waals surface area contributed by atoms with Crippen molar-refractivity contribution < 1.29 is 0 Å². The maximum atomic E-state index is 5.19. The van der Waals surface area contributed by atoms with Gasteiger partial charge in [0.15, 0.2) is 17.5 Å². The first-order chi connectivity index (χ1) is 24.7. The van der Waals surface area contributed by atoms with E-state index in [1.54, 1.807) is 6.20 Å². The second kappa shape index (κ2) is 12.4. The van der Waals surface area contributed by atoms with Crippen molar-refractivity contribution in [3.05, 3.63) is 176 Å². The monoisotopic (exact) mass is 641 g/mol. The minimum Gasteiger partial charge on any atom is -0.308 e. The Bertz CT molecular complexity index is 2570. The molecule has 0 unspecified atom stereocenters. The number of fused-ring (bicyclic) bond motifs is 3. The van der Waals surface area contributed by atoms with E-state index in [4.69, 9.17) is 15.0 Å². The molecular formula is C45H31N5. The maximum Gasteiger partial charge on any atom is 0.166 e. The van der Waals surface area contributed by atoms with Crippen LogP contribution in [-0.2, 0) is 0 Å². The van der Waals surface area contributed by atoms with E-state index >= 15 is 0 Å². The fraction of sp³-hybridized carbons (Fsp3) is 0.0222. The molecule has 5 heteroatoms. The second-order valence-electron chi connectivity index (χ2n) is 12.5. The van der Waals surface area contributed by atoms with Gasteiger partial charge < -0.3 is 4.57 Å². The van der Waals surface area contributed by atoms with Gasteiger partial charge in [-0.2, -0.15) is 0 Å². The van der Waals surface area contributed by atoms with Crippen LogP contribution < -0.4 is 0 Å². The fourth-order valence-corrected chi connectivity index (χ4v) is 6.71. The molecule has 9 aromatic rings. The van der Waals surface area contributed by atoms with Crippen LogP contribution in [0.25, 0.3) is 83.9 Å². The first kappa shape index (κ1) is 29.4. The number of benzene rings is 6. The molecule has 3 heterocycles. The molecule has 0 aliphatic heterocycles. The van der Waals surface area contributed by atoms with Crippen molar-refractivity contribution in [2.45, 2.75) is 6.92 Å². The minimum atomic E-state index is 0.596. The molecule has 0 aliphatic rings. The fourth-order valence-electron chi connectivity index (χ4n) is 6.71. The van der Waals surface area contributed by atoms with E-state index in [0.717, 1.165) is 50.1 Å². The quantitative estimate of drug-likeness (QED) is 0.181. The van der Waals surface area contributed by atoms with Crippen molar-refractivity contribution in [1.29, 1.82) is 0 Å². The Morgan fingerprint density at radius 3 is 1.70 bits per heavy atom. The Hall–Kier alpha value is -6.72. The third-order valence-electron chi connectivity index (χ3n) is 9.23. The maximum absolute atomic E-state index is 5.19. The van der Waals surface area contributed by atoms with E-state index < -0.39 is 0 Å². The lowest BCUT2D eigenvalue weighted by Crippen LogP contribution is -2.04. The Morgan fingerprint density at radius 2 is 1.00 bits per heavy atom. The van der Waals surface area contributed by atoms with Crippen LogP contribution in [0.1, 0.15) is 5.56 Å². The molecule has 0 spiro atoms. The van der Waals surface area contributed by atoms with Crippen LogP contribution in [0.2, 0.25) is 0 Å². The summed E-state index contributed by atoms with van der Waals surface area (Å²) in [4.78, 5) is 19.8. The third-order valence-corrected chi connectivity index (χ3v) is 9.23. The van der Waals surface area contributed by atoms with Crippen LogP contribution in [0.3, 0.4) is 0 Å². The number of hydrogen-bond donors (Lipinski definition) is 0. The highest BCUT2D eigenvalue weighted by atomic mass is 15.1. The molecule has 6 aromatic carbocycles. The van der Waals surface area contributed by atoms with Gasteiger partial charge in [-0.3, -0.25) is 4.98 Å². The molecule has 0 fully saturated rings. The Kier molecular flexibility index (Phi) is 7.29. The second-order valence-corrected chi connectivity index (χ2v) is 12.5. The van der Waals surface area contributed by atoms with Gasteiger partial charge in [-0.25, -0.2) is 15.0 Å². The van der Waals surface area contributed by atoms with Gasteiger partial charge in [0.05, 0.1) is 16.7 Å². The molecule has 0 atom stereocenters. The molecule has 0 saturated heterocycles. The van der Waals surface area contributed by atoms with E-state index in [0.29, 0.717) is 17.5 Å². The number of hydrogen-bond acceptors (Lipinski definition) is 4. The van der Waals surface area contributed by atoms with Crippen LogP contribution in [0.4, 0.5) is 0 Å². The van der Waals surface area contributed by atoms with Gasteiger partial charge in [0.1, 0.15) is 0 Å². The van der Waals surface area contributed by atoms with Gasteiger partial charge in [0.25, 0.3) is 0 Å². The predicted molar refractivity (Wildman–Crippen MR) is 204 cm³/mol. The van der Waals surface area contributed by atoms with Gasteiger partial charge in [0.2, 0.25) is 0 Å². The number of nitrogens with zero attached hydrogens (tertiary/aromatic N) is 5. The Morgan fingerprint density at radius 1 is 0.420 bits per heavy atom. The Balaban J connectivity index is 1.35. The van der Waals surface area contributed by atoms with Crippen LogP contribution in [0.15, 0.2) is 170 Å². The average molecular weight is 642 g/mol. The smallest absolute Gasteiger partial charge is 0.166 e. The summed E-state index contributed by atoms with van der Waals surface area (Å²) >= 11 is 0. The zero-order valence-electron chi connectivity index (χ0n) is 27.4. The van der Waals surface area contributed by atoms with Gasteiger partial charge in [0, 0.05) is 45.4 Å². The summed E-state index contributed by atoms with van der Waals surface area (Å²) in [5.41, 5.74) is 11.6. The zero-order valence-corrected chi connectivity index (χ0v) is 27.4. The topological polar surface area (TPSA) is 56.5 Å². The Labute approximate surface area is 290 Å². The number of pyridine rings is 1. The summed E-state index contributed by atoms with van der Waals surface area (Å²) in [5, 5.41) is 2.37. The molecule has 3 aromatic heterocycles. The summed E-state index contributed by atoms with van der Waals surface area (Å²) in [6, 6.07) is 54.9. The van der Waals surface area contributed by atoms with Crippen molar-refractivity contribution in [3.63, 3.8) is 0 Å². The van der Waals surface area contributed by atoms with Gasteiger partial charge >= 0.3 is 0 Å². The predicted octanol–water partition coefficient (Wildman–Crippen LogP) is 11.0. The van der Waals surface area contributed by atoms with Crippen LogP contribution in [0.5, 0.6) is 0 Å². The lowest BCUT2D eigenvalue weighted by molar-refractivity contribution is 1.06. The molecule has 0 radical (unpaired) electrons. The third kappa shape index (κ3) is 5.31. The SMILES string of the molecule is Cc1ccc(-c2ccc3c4ccccc4n(-c4ccc(-c5cccnc5)cc4-c4nc(-c5ccccc5)nc(-c5ccccc5)n4)c3c2)cc1. The summed E-state index contributed by atoms with van der Waals surface area (Å²) in [6.07, 6.45) is 3.69. The summed E-state index contributed by atoms with van der Waals surface area (Å²) in [6.45, 7) is 2.12. The van der Waals surface area contributed by atoms with Crippen molar-refractivity contribution >= 4 is 21.8 Å². The lowest BCUT2D eigenvalue weighted by Gasteiger charge is -2.16. The molecule has 236 valence electrons. The largest absolute Gasteiger partial charge is 0.308 e. The number of para-hydroxylation sites is 1. The molecule has 9 rings (SSSR count). The van der Waals surface area contributed by atoms with E-state index in [2.05, 4.69) is 107 Å². The highest BCUT2D eigenvalue weighted by Crippen LogP contribution is 2.39. The normalized spacial score (nSPS) is 11.3. The summed E-state index contributed by atoms with van der Waals surface area (Å²) < 4.78 is 2.36. The van der Waals surface area contributed by atoms with Crippen molar-refractivity contribution in [2.75, 3.05) is 0 Å². The van der Waals surface area contributed by atoms with Crippen LogP contribution >= 0.6 is 0 Å². The molecule has 0 aliphatic carbocycles. The van der Waals surface area contributed by atoms with E-state index in [1.807, 2.05) is 72.9 Å². The summed E-state index contributed by atoms with van der Waals surface area (Å²) in [7, 11) is 0. The zero-order chi connectivity index (χ0) is 33.4. The standard InChI is InChI=1S/C45H31N5/c1-30-18-20-31(21-19-30)35-22-24-38-37-16-8-9-17-40(37)50(42(38)28-35)41-25-23-34(36-15-10-26-46-29-36)27-39(41)45-48-43(32-11-4-2-5-12-32)47-44(49-45)33-13-6-3-7-14-33/h2-29H,1H3. The first-order valence-corrected chi connectivity index (χ1v) is 16.7. The average Bonchev–Trinajstić information content (AvgIpc) is 3.52. The minimum absolute atomic E-state index is 0.596. The van der Waals surface area contributed by atoms with Crippen molar-refractivity contribution in [2.24, 2.45) is 0 Å². The number of rotatable bonds is 6. The van der Waals surface area contributed by atoms with Gasteiger partial charge in [-0.05, 0) is 53.9 Å². The van der Waals surface area contributed by atoms with Crippen LogP contribution in [-0.4, -0.2) is 24.5 Å². The molecule has 50 heavy (non-hydrogen) atoms. The molecule has 0 saturated carbocycles. The lowest BCUT2D eigenvalue weighted by atomic mass is 10.0. The van der Waals surface area contributed by atoms with Gasteiger partial charge in [-0.15, -0.1) is 0 Å². The van der Waals surface area contributed by atoms with Gasteiger partial charge in [-0.1, -0.05) is 133 Å². The molecule has 5 nitrogen and oxygen atoms in total. The van der Waals surface area contributed by atoms with E-state index in [1.165, 1.54) is 21.9 Å². The molecular weight excluding hydrogens is 611 g/mol. The molecule has 0 amide bonds. The van der Waals surface area contributed by atoms with Crippen molar-refractivity contribution in [3.8, 4) is 62.1 Å². The van der Waals surface area contributed by atoms with Crippen molar-refractivity contribution in [1.82, 2.24) is 24.5 Å². The molecule has 0 bridgehead atoms. The number of aryl methyl sites for hydroxylation is 1.